The van der Waals surface area contributed by atoms with E-state index in [1.807, 2.05) is 25.1 Å². The zero-order chi connectivity index (χ0) is 16.5. The number of hydrogen-bond acceptors (Lipinski definition) is 1. The van der Waals surface area contributed by atoms with E-state index in [1.165, 1.54) is 27.8 Å². The lowest BCUT2D eigenvalue weighted by Gasteiger charge is -2.22. The first-order chi connectivity index (χ1) is 11.8. The van der Waals surface area contributed by atoms with Crippen molar-refractivity contribution in [3.8, 4) is 0 Å². The summed E-state index contributed by atoms with van der Waals surface area (Å²) in [6.07, 6.45) is 1.81. The first-order valence-corrected chi connectivity index (χ1v) is 8.38. The van der Waals surface area contributed by atoms with Crippen LogP contribution in [-0.4, -0.2) is 5.11 Å². The van der Waals surface area contributed by atoms with Gasteiger partial charge < -0.3 is 5.11 Å². The van der Waals surface area contributed by atoms with Gasteiger partial charge in [-0.05, 0) is 46.4 Å². The van der Waals surface area contributed by atoms with Crippen molar-refractivity contribution in [2.75, 3.05) is 0 Å². The molecule has 1 nitrogen and oxygen atoms in total. The molecule has 3 aromatic carbocycles. The Bertz CT molecular complexity index is 891. The molecular formula is C23H20O. The summed E-state index contributed by atoms with van der Waals surface area (Å²) in [4.78, 5) is 0. The predicted molar refractivity (Wildman–Crippen MR) is 99.7 cm³/mol. The molecule has 3 aromatic rings. The van der Waals surface area contributed by atoms with Crippen LogP contribution in [0, 0.1) is 0 Å². The van der Waals surface area contributed by atoms with E-state index in [-0.39, 0.29) is 5.92 Å². The highest BCUT2D eigenvalue weighted by Crippen LogP contribution is 2.47. The lowest BCUT2D eigenvalue weighted by Crippen LogP contribution is -2.06. The number of aliphatic hydroxyl groups is 1. The standard InChI is InChI=1S/C23H20O/c1-16(24)19-12-7-8-14-21(19)23-20-13-6-5-11-18(20)15-22(23)17-9-3-2-4-10-17/h2-16,23-24H,1H3. The van der Waals surface area contributed by atoms with Gasteiger partial charge in [0.05, 0.1) is 6.10 Å². The van der Waals surface area contributed by atoms with E-state index >= 15 is 0 Å². The highest BCUT2D eigenvalue weighted by atomic mass is 16.3. The number of allylic oxidation sites excluding steroid dienone is 1. The summed E-state index contributed by atoms with van der Waals surface area (Å²) in [5, 5.41) is 10.3. The van der Waals surface area contributed by atoms with Gasteiger partial charge in [-0.1, -0.05) is 78.9 Å². The number of aliphatic hydroxyl groups excluding tert-OH is 1. The summed E-state index contributed by atoms with van der Waals surface area (Å²) < 4.78 is 0. The molecule has 0 radical (unpaired) electrons. The average Bonchev–Trinajstić information content (AvgIpc) is 3.02. The molecule has 24 heavy (non-hydrogen) atoms. The molecule has 0 saturated carbocycles. The molecule has 4 rings (SSSR count). The van der Waals surface area contributed by atoms with Gasteiger partial charge in [0, 0.05) is 5.92 Å². The fourth-order valence-corrected chi connectivity index (χ4v) is 3.69. The van der Waals surface area contributed by atoms with Crippen LogP contribution in [-0.2, 0) is 0 Å². The average molecular weight is 312 g/mol. The second kappa shape index (κ2) is 6.10. The Hall–Kier alpha value is -2.64. The van der Waals surface area contributed by atoms with Gasteiger partial charge in [0.15, 0.2) is 0 Å². The summed E-state index contributed by atoms with van der Waals surface area (Å²) in [5.74, 6) is 0.161. The summed E-state index contributed by atoms with van der Waals surface area (Å²) in [6.45, 7) is 1.84. The van der Waals surface area contributed by atoms with Crippen molar-refractivity contribution in [1.82, 2.24) is 0 Å². The van der Waals surface area contributed by atoms with E-state index in [0.29, 0.717) is 0 Å². The molecule has 0 spiro atoms. The second-order valence-electron chi connectivity index (χ2n) is 6.33. The van der Waals surface area contributed by atoms with Crippen molar-refractivity contribution in [1.29, 1.82) is 0 Å². The van der Waals surface area contributed by atoms with Crippen LogP contribution in [0.4, 0.5) is 0 Å². The molecule has 1 aliphatic carbocycles. The number of benzene rings is 3. The largest absolute Gasteiger partial charge is 0.389 e. The number of hydrogen-bond donors (Lipinski definition) is 1. The van der Waals surface area contributed by atoms with Gasteiger partial charge in [0.2, 0.25) is 0 Å². The molecule has 1 N–H and O–H groups in total. The van der Waals surface area contributed by atoms with Gasteiger partial charge in [-0.25, -0.2) is 0 Å². The third-order valence-corrected chi connectivity index (χ3v) is 4.79. The maximum absolute atomic E-state index is 10.3. The Labute approximate surface area is 142 Å². The Balaban J connectivity index is 1.93. The molecule has 0 aliphatic heterocycles. The molecule has 1 aliphatic rings. The topological polar surface area (TPSA) is 20.2 Å². The fraction of sp³-hybridized carbons (Fsp3) is 0.130. The van der Waals surface area contributed by atoms with Gasteiger partial charge in [0.25, 0.3) is 0 Å². The van der Waals surface area contributed by atoms with Gasteiger partial charge in [-0.3, -0.25) is 0 Å². The van der Waals surface area contributed by atoms with Crippen molar-refractivity contribution in [2.24, 2.45) is 0 Å². The van der Waals surface area contributed by atoms with Crippen LogP contribution in [0.5, 0.6) is 0 Å². The third kappa shape index (κ3) is 2.47. The minimum atomic E-state index is -0.481. The molecule has 0 bridgehead atoms. The molecular weight excluding hydrogens is 292 g/mol. The van der Waals surface area contributed by atoms with Gasteiger partial charge in [0.1, 0.15) is 0 Å². The molecule has 118 valence electrons. The van der Waals surface area contributed by atoms with Crippen molar-refractivity contribution < 1.29 is 5.11 Å². The van der Waals surface area contributed by atoms with Gasteiger partial charge >= 0.3 is 0 Å². The smallest absolute Gasteiger partial charge is 0.0764 e. The van der Waals surface area contributed by atoms with Gasteiger partial charge in [-0.2, -0.15) is 0 Å². The van der Waals surface area contributed by atoms with Crippen LogP contribution < -0.4 is 0 Å². The normalized spacial score (nSPS) is 17.2. The number of fused-ring (bicyclic) bond motifs is 1. The van der Waals surface area contributed by atoms with E-state index in [2.05, 4.69) is 66.7 Å². The zero-order valence-electron chi connectivity index (χ0n) is 13.7. The molecule has 0 heterocycles. The van der Waals surface area contributed by atoms with Crippen molar-refractivity contribution in [2.45, 2.75) is 18.9 Å². The molecule has 2 unspecified atom stereocenters. The van der Waals surface area contributed by atoms with Crippen LogP contribution >= 0.6 is 0 Å². The predicted octanol–water partition coefficient (Wildman–Crippen LogP) is 5.43. The minimum absolute atomic E-state index is 0.161. The maximum Gasteiger partial charge on any atom is 0.0764 e. The Kier molecular flexibility index (Phi) is 3.79. The Morgan fingerprint density at radius 2 is 1.38 bits per heavy atom. The van der Waals surface area contributed by atoms with Crippen LogP contribution in [0.1, 0.15) is 46.8 Å². The van der Waals surface area contributed by atoms with Crippen molar-refractivity contribution in [3.05, 3.63) is 107 Å². The Morgan fingerprint density at radius 3 is 2.12 bits per heavy atom. The molecule has 0 fully saturated rings. The highest BCUT2D eigenvalue weighted by molar-refractivity contribution is 5.93. The van der Waals surface area contributed by atoms with Crippen LogP contribution in [0.15, 0.2) is 78.9 Å². The lowest BCUT2D eigenvalue weighted by molar-refractivity contribution is 0.198. The molecule has 2 atom stereocenters. The quantitative estimate of drug-likeness (QED) is 0.684. The van der Waals surface area contributed by atoms with E-state index in [0.717, 1.165) is 5.56 Å². The van der Waals surface area contributed by atoms with Crippen molar-refractivity contribution in [3.63, 3.8) is 0 Å². The first-order valence-electron chi connectivity index (χ1n) is 8.38. The van der Waals surface area contributed by atoms with E-state index in [9.17, 15) is 5.11 Å². The second-order valence-corrected chi connectivity index (χ2v) is 6.33. The highest BCUT2D eigenvalue weighted by Gasteiger charge is 2.29. The van der Waals surface area contributed by atoms with Crippen LogP contribution in [0.3, 0.4) is 0 Å². The third-order valence-electron chi connectivity index (χ3n) is 4.79. The maximum atomic E-state index is 10.3. The molecule has 0 aromatic heterocycles. The first kappa shape index (κ1) is 14.9. The summed E-state index contributed by atoms with van der Waals surface area (Å²) in [5.41, 5.74) is 7.30. The lowest BCUT2D eigenvalue weighted by atomic mass is 9.82. The zero-order valence-corrected chi connectivity index (χ0v) is 13.7. The summed E-state index contributed by atoms with van der Waals surface area (Å²) in [6, 6.07) is 27.3. The van der Waals surface area contributed by atoms with Crippen LogP contribution in [0.2, 0.25) is 0 Å². The van der Waals surface area contributed by atoms with Crippen LogP contribution in [0.25, 0.3) is 11.6 Å². The molecule has 0 amide bonds. The van der Waals surface area contributed by atoms with Gasteiger partial charge in [-0.15, -0.1) is 0 Å². The van der Waals surface area contributed by atoms with E-state index in [4.69, 9.17) is 0 Å². The minimum Gasteiger partial charge on any atom is -0.389 e. The molecule has 1 heteroatoms. The molecule has 0 saturated heterocycles. The van der Waals surface area contributed by atoms with E-state index in [1.54, 1.807) is 0 Å². The summed E-state index contributed by atoms with van der Waals surface area (Å²) in [7, 11) is 0. The monoisotopic (exact) mass is 312 g/mol. The Morgan fingerprint density at radius 1 is 0.750 bits per heavy atom. The van der Waals surface area contributed by atoms with Crippen molar-refractivity contribution >= 4 is 11.6 Å². The SMILES string of the molecule is CC(O)c1ccccc1C1C(c2ccccc2)=Cc2ccccc21. The number of rotatable bonds is 3. The van der Waals surface area contributed by atoms with E-state index < -0.39 is 6.10 Å². The summed E-state index contributed by atoms with van der Waals surface area (Å²) >= 11 is 0. The fourth-order valence-electron chi connectivity index (χ4n) is 3.69.